The lowest BCUT2D eigenvalue weighted by Gasteiger charge is -2.27. The van der Waals surface area contributed by atoms with E-state index in [1.54, 1.807) is 25.1 Å². The van der Waals surface area contributed by atoms with Crippen molar-refractivity contribution in [1.82, 2.24) is 14.7 Å². The predicted octanol–water partition coefficient (Wildman–Crippen LogP) is 3.36. The van der Waals surface area contributed by atoms with E-state index in [1.807, 2.05) is 36.4 Å². The van der Waals surface area contributed by atoms with Crippen molar-refractivity contribution in [2.75, 3.05) is 38.2 Å². The Morgan fingerprint density at radius 1 is 1.06 bits per heavy atom. The smallest absolute Gasteiger partial charge is 0.411 e. The average molecular weight is 449 g/mol. The van der Waals surface area contributed by atoms with Crippen LogP contribution in [-0.2, 0) is 22.6 Å². The van der Waals surface area contributed by atoms with Crippen LogP contribution in [0.1, 0.15) is 18.1 Å². The van der Waals surface area contributed by atoms with Crippen molar-refractivity contribution in [3.63, 3.8) is 0 Å². The lowest BCUT2D eigenvalue weighted by Crippen LogP contribution is -2.35. The van der Waals surface area contributed by atoms with Gasteiger partial charge in [-0.2, -0.15) is 5.10 Å². The Morgan fingerprint density at radius 3 is 2.70 bits per heavy atom. The second-order valence-electron chi connectivity index (χ2n) is 7.81. The standard InChI is InChI=1S/C25H28N4O4/c1-2-33-25(31)26-21-8-5-6-19(16-21)17-29-24(30)11-10-23(27-29)22-9-4-3-7-20(22)18-28-12-14-32-15-13-28/h3-11,16H,2,12-15,17-18H2,1H3,(H,26,31). The fourth-order valence-corrected chi connectivity index (χ4v) is 3.82. The van der Waals surface area contributed by atoms with E-state index in [0.717, 1.165) is 55.2 Å². The van der Waals surface area contributed by atoms with Gasteiger partial charge in [0.25, 0.3) is 5.56 Å². The number of ether oxygens (including phenoxy) is 2. The van der Waals surface area contributed by atoms with Crippen molar-refractivity contribution in [2.45, 2.75) is 20.0 Å². The van der Waals surface area contributed by atoms with Crippen molar-refractivity contribution in [2.24, 2.45) is 0 Å². The van der Waals surface area contributed by atoms with E-state index in [9.17, 15) is 9.59 Å². The van der Waals surface area contributed by atoms with Crippen molar-refractivity contribution >= 4 is 11.8 Å². The molecule has 172 valence electrons. The largest absolute Gasteiger partial charge is 0.450 e. The van der Waals surface area contributed by atoms with Gasteiger partial charge >= 0.3 is 6.09 Å². The van der Waals surface area contributed by atoms with Gasteiger partial charge < -0.3 is 9.47 Å². The van der Waals surface area contributed by atoms with E-state index >= 15 is 0 Å². The molecule has 1 aliphatic heterocycles. The Bertz CT molecular complexity index is 1150. The van der Waals surface area contributed by atoms with Crippen LogP contribution in [0.4, 0.5) is 10.5 Å². The maximum absolute atomic E-state index is 12.5. The molecule has 2 aromatic carbocycles. The van der Waals surface area contributed by atoms with Crippen LogP contribution in [0.15, 0.2) is 65.5 Å². The Morgan fingerprint density at radius 2 is 1.88 bits per heavy atom. The summed E-state index contributed by atoms with van der Waals surface area (Å²) in [5.41, 5.74) is 4.18. The number of hydrogen-bond acceptors (Lipinski definition) is 6. The highest BCUT2D eigenvalue weighted by Crippen LogP contribution is 2.23. The third kappa shape index (κ3) is 6.06. The predicted molar refractivity (Wildman–Crippen MR) is 126 cm³/mol. The summed E-state index contributed by atoms with van der Waals surface area (Å²) in [7, 11) is 0. The summed E-state index contributed by atoms with van der Waals surface area (Å²) in [6.45, 7) is 6.43. The minimum absolute atomic E-state index is 0.187. The van der Waals surface area contributed by atoms with Crippen LogP contribution in [0.25, 0.3) is 11.3 Å². The Hall–Kier alpha value is -3.49. The quantitative estimate of drug-likeness (QED) is 0.597. The van der Waals surface area contributed by atoms with Gasteiger partial charge in [0, 0.05) is 37.0 Å². The molecular weight excluding hydrogens is 420 g/mol. The molecule has 1 fully saturated rings. The fraction of sp³-hybridized carbons (Fsp3) is 0.320. The van der Waals surface area contributed by atoms with Crippen LogP contribution in [-0.4, -0.2) is 53.7 Å². The van der Waals surface area contributed by atoms with E-state index < -0.39 is 6.09 Å². The molecule has 0 spiro atoms. The highest BCUT2D eigenvalue weighted by atomic mass is 16.5. The summed E-state index contributed by atoms with van der Waals surface area (Å²) < 4.78 is 11.8. The zero-order valence-corrected chi connectivity index (χ0v) is 18.7. The number of morpholine rings is 1. The maximum Gasteiger partial charge on any atom is 0.411 e. The van der Waals surface area contributed by atoms with E-state index in [-0.39, 0.29) is 12.1 Å². The van der Waals surface area contributed by atoms with Gasteiger partial charge in [0.1, 0.15) is 0 Å². The molecule has 1 amide bonds. The minimum Gasteiger partial charge on any atom is -0.450 e. The lowest BCUT2D eigenvalue weighted by molar-refractivity contribution is 0.0342. The van der Waals surface area contributed by atoms with Gasteiger partial charge in [0.05, 0.1) is 32.1 Å². The van der Waals surface area contributed by atoms with E-state index in [0.29, 0.717) is 12.3 Å². The van der Waals surface area contributed by atoms with Crippen molar-refractivity contribution in [1.29, 1.82) is 0 Å². The fourth-order valence-electron chi connectivity index (χ4n) is 3.82. The first-order valence-corrected chi connectivity index (χ1v) is 11.1. The average Bonchev–Trinajstić information content (AvgIpc) is 2.82. The van der Waals surface area contributed by atoms with Crippen LogP contribution in [0, 0.1) is 0 Å². The molecule has 33 heavy (non-hydrogen) atoms. The van der Waals surface area contributed by atoms with Gasteiger partial charge in [-0.05, 0) is 36.2 Å². The summed E-state index contributed by atoms with van der Waals surface area (Å²) >= 11 is 0. The Labute approximate surface area is 192 Å². The molecule has 8 heteroatoms. The summed E-state index contributed by atoms with van der Waals surface area (Å²) in [5.74, 6) is 0. The van der Waals surface area contributed by atoms with Gasteiger partial charge in [-0.3, -0.25) is 15.0 Å². The van der Waals surface area contributed by atoms with Crippen molar-refractivity contribution < 1.29 is 14.3 Å². The second-order valence-corrected chi connectivity index (χ2v) is 7.81. The molecule has 2 heterocycles. The van der Waals surface area contributed by atoms with Crippen LogP contribution in [0.5, 0.6) is 0 Å². The molecule has 1 aromatic heterocycles. The number of nitrogens with zero attached hydrogens (tertiary/aromatic N) is 3. The van der Waals surface area contributed by atoms with Crippen LogP contribution in [0.3, 0.4) is 0 Å². The third-order valence-corrected chi connectivity index (χ3v) is 5.44. The Kier molecular flexibility index (Phi) is 7.49. The minimum atomic E-state index is -0.510. The molecule has 1 N–H and O–H groups in total. The highest BCUT2D eigenvalue weighted by Gasteiger charge is 2.15. The molecule has 0 radical (unpaired) electrons. The van der Waals surface area contributed by atoms with Crippen molar-refractivity contribution in [3.05, 3.63) is 82.1 Å². The van der Waals surface area contributed by atoms with E-state index in [4.69, 9.17) is 9.47 Å². The van der Waals surface area contributed by atoms with Gasteiger partial charge in [-0.1, -0.05) is 36.4 Å². The van der Waals surface area contributed by atoms with Gasteiger partial charge in [-0.25, -0.2) is 9.48 Å². The Balaban J connectivity index is 1.56. The van der Waals surface area contributed by atoms with Crippen molar-refractivity contribution in [3.8, 4) is 11.3 Å². The molecule has 0 bridgehead atoms. The molecule has 0 aliphatic carbocycles. The number of carbonyl (C=O) groups excluding carboxylic acids is 1. The van der Waals surface area contributed by atoms with Gasteiger partial charge in [0.15, 0.2) is 0 Å². The molecule has 1 saturated heterocycles. The molecule has 3 aromatic rings. The van der Waals surface area contributed by atoms with Crippen LogP contribution >= 0.6 is 0 Å². The number of amides is 1. The summed E-state index contributed by atoms with van der Waals surface area (Å²) in [5, 5.41) is 7.35. The lowest BCUT2D eigenvalue weighted by atomic mass is 10.0. The monoisotopic (exact) mass is 448 g/mol. The molecule has 8 nitrogen and oxygen atoms in total. The van der Waals surface area contributed by atoms with E-state index in [1.165, 1.54) is 4.68 Å². The maximum atomic E-state index is 12.5. The molecule has 4 rings (SSSR count). The zero-order chi connectivity index (χ0) is 23.0. The first-order valence-electron chi connectivity index (χ1n) is 11.1. The van der Waals surface area contributed by atoms with Crippen LogP contribution < -0.4 is 10.9 Å². The highest BCUT2D eigenvalue weighted by molar-refractivity contribution is 5.84. The van der Waals surface area contributed by atoms with Crippen LogP contribution in [0.2, 0.25) is 0 Å². The zero-order valence-electron chi connectivity index (χ0n) is 18.7. The van der Waals surface area contributed by atoms with Gasteiger partial charge in [0.2, 0.25) is 0 Å². The SMILES string of the molecule is CCOC(=O)Nc1cccc(Cn2nc(-c3ccccc3CN3CCOCC3)ccc2=O)c1. The number of hydrogen-bond donors (Lipinski definition) is 1. The first kappa shape index (κ1) is 22.7. The number of rotatable bonds is 7. The molecule has 0 saturated carbocycles. The molecule has 0 atom stereocenters. The number of nitrogens with one attached hydrogen (secondary N) is 1. The topological polar surface area (TPSA) is 85.7 Å². The summed E-state index contributed by atoms with van der Waals surface area (Å²) in [6, 6.07) is 18.8. The number of aromatic nitrogens is 2. The third-order valence-electron chi connectivity index (χ3n) is 5.44. The van der Waals surface area contributed by atoms with E-state index in [2.05, 4.69) is 21.4 Å². The number of carbonyl (C=O) groups is 1. The normalized spacial score (nSPS) is 14.1. The molecule has 0 unspecified atom stereocenters. The number of anilines is 1. The summed E-state index contributed by atoms with van der Waals surface area (Å²) in [4.78, 5) is 26.6. The molecule has 1 aliphatic rings. The second kappa shape index (κ2) is 10.9. The molecular formula is C25H28N4O4. The summed E-state index contributed by atoms with van der Waals surface area (Å²) in [6.07, 6.45) is -0.510. The van der Waals surface area contributed by atoms with Gasteiger partial charge in [-0.15, -0.1) is 0 Å². The first-order chi connectivity index (χ1) is 16.1. The number of benzene rings is 2.